The number of aliphatic hydroxyl groups is 2. The molecule has 0 aliphatic carbocycles. The normalized spacial score (nSPS) is 26.2. The van der Waals surface area contributed by atoms with Crippen LogP contribution in [0, 0.1) is 5.82 Å². The van der Waals surface area contributed by atoms with Gasteiger partial charge in [0.15, 0.2) is 0 Å². The molecule has 1 heterocycles. The van der Waals surface area contributed by atoms with E-state index in [1.807, 2.05) is 0 Å². The predicted molar refractivity (Wildman–Crippen MR) is 82.2 cm³/mol. The molecule has 0 spiro atoms. The second-order valence-electron chi connectivity index (χ2n) is 5.74. The predicted octanol–water partition coefficient (Wildman–Crippen LogP) is -0.543. The molecule has 1 saturated heterocycles. The highest BCUT2D eigenvalue weighted by molar-refractivity contribution is 5.76. The van der Waals surface area contributed by atoms with Crippen molar-refractivity contribution in [3.05, 3.63) is 35.6 Å². The van der Waals surface area contributed by atoms with Gasteiger partial charge in [0, 0.05) is 20.0 Å². The minimum atomic E-state index is -1.21. The summed E-state index contributed by atoms with van der Waals surface area (Å²) in [6.45, 7) is 1.61. The molecule has 1 aliphatic rings. The number of ether oxygens (including phenoxy) is 1. The van der Waals surface area contributed by atoms with Crippen LogP contribution in [0.25, 0.3) is 0 Å². The number of amides is 2. The van der Waals surface area contributed by atoms with Gasteiger partial charge < -0.3 is 25.6 Å². The third-order valence-electron chi connectivity index (χ3n) is 3.80. The average Bonchev–Trinajstić information content (AvgIpc) is 2.80. The molecule has 0 saturated carbocycles. The van der Waals surface area contributed by atoms with E-state index in [9.17, 15) is 24.2 Å². The summed E-state index contributed by atoms with van der Waals surface area (Å²) in [4.78, 5) is 22.8. The zero-order chi connectivity index (χ0) is 17.7. The van der Waals surface area contributed by atoms with Gasteiger partial charge in [-0.2, -0.15) is 0 Å². The molecule has 0 aromatic heterocycles. The van der Waals surface area contributed by atoms with Crippen LogP contribution in [0.3, 0.4) is 0 Å². The standard InChI is InChI=1S/C16H21FN2O5/c1-9(20)18-8-13-16(23)15(22)12(24-13)6-14(21)19-7-10-2-4-11(17)5-3-10/h2-5,12-13,15-16,22-23H,6-8H2,1H3,(H,18,20)(H,19,21)/t12-,13-,15-,16+/m0/s1. The first kappa shape index (κ1) is 18.3. The van der Waals surface area contributed by atoms with Crippen LogP contribution in [-0.2, 0) is 20.9 Å². The lowest BCUT2D eigenvalue weighted by Gasteiger charge is -2.14. The summed E-state index contributed by atoms with van der Waals surface area (Å²) < 4.78 is 18.3. The van der Waals surface area contributed by atoms with Gasteiger partial charge in [0.05, 0.1) is 12.5 Å². The van der Waals surface area contributed by atoms with Gasteiger partial charge in [0.2, 0.25) is 11.8 Å². The molecule has 0 bridgehead atoms. The number of hydrogen-bond acceptors (Lipinski definition) is 5. The van der Waals surface area contributed by atoms with Gasteiger partial charge >= 0.3 is 0 Å². The molecule has 7 nitrogen and oxygen atoms in total. The van der Waals surface area contributed by atoms with Crippen LogP contribution in [0.4, 0.5) is 4.39 Å². The second kappa shape index (κ2) is 8.18. The second-order valence-corrected chi connectivity index (χ2v) is 5.74. The summed E-state index contributed by atoms with van der Waals surface area (Å²) in [5.74, 6) is -0.997. The van der Waals surface area contributed by atoms with Crippen molar-refractivity contribution in [3.63, 3.8) is 0 Å². The maximum Gasteiger partial charge on any atom is 0.222 e. The first-order valence-corrected chi connectivity index (χ1v) is 7.64. The van der Waals surface area contributed by atoms with Crippen molar-refractivity contribution in [1.82, 2.24) is 10.6 Å². The first-order valence-electron chi connectivity index (χ1n) is 7.64. The molecule has 132 valence electrons. The number of carbonyl (C=O) groups is 2. The van der Waals surface area contributed by atoms with E-state index in [0.717, 1.165) is 5.56 Å². The Morgan fingerprint density at radius 2 is 1.75 bits per heavy atom. The van der Waals surface area contributed by atoms with Gasteiger partial charge in [0.1, 0.15) is 24.1 Å². The van der Waals surface area contributed by atoms with E-state index in [-0.39, 0.29) is 37.1 Å². The lowest BCUT2D eigenvalue weighted by molar-refractivity contribution is -0.125. The molecule has 2 rings (SSSR count). The highest BCUT2D eigenvalue weighted by Crippen LogP contribution is 2.23. The van der Waals surface area contributed by atoms with Crippen molar-refractivity contribution in [2.24, 2.45) is 0 Å². The summed E-state index contributed by atoms with van der Waals surface area (Å²) >= 11 is 0. The van der Waals surface area contributed by atoms with Crippen LogP contribution < -0.4 is 10.6 Å². The summed E-state index contributed by atoms with van der Waals surface area (Å²) in [7, 11) is 0. The fraction of sp³-hybridized carbons (Fsp3) is 0.500. The van der Waals surface area contributed by atoms with Crippen molar-refractivity contribution in [3.8, 4) is 0 Å². The Morgan fingerprint density at radius 3 is 2.38 bits per heavy atom. The van der Waals surface area contributed by atoms with Crippen LogP contribution >= 0.6 is 0 Å². The topological polar surface area (TPSA) is 108 Å². The van der Waals surface area contributed by atoms with E-state index in [1.165, 1.54) is 19.1 Å². The maximum absolute atomic E-state index is 12.8. The molecule has 4 atom stereocenters. The Hall–Kier alpha value is -2.03. The first-order chi connectivity index (χ1) is 11.4. The van der Waals surface area contributed by atoms with Gasteiger partial charge in [-0.3, -0.25) is 9.59 Å². The maximum atomic E-state index is 12.8. The lowest BCUT2D eigenvalue weighted by atomic mass is 10.1. The molecule has 8 heteroatoms. The van der Waals surface area contributed by atoms with Crippen molar-refractivity contribution in [1.29, 1.82) is 0 Å². The number of aliphatic hydroxyl groups excluding tert-OH is 2. The smallest absolute Gasteiger partial charge is 0.222 e. The van der Waals surface area contributed by atoms with Crippen molar-refractivity contribution in [2.45, 2.75) is 44.3 Å². The van der Waals surface area contributed by atoms with E-state index in [4.69, 9.17) is 4.74 Å². The Labute approximate surface area is 138 Å². The third kappa shape index (κ3) is 4.98. The number of rotatable bonds is 6. The highest BCUT2D eigenvalue weighted by atomic mass is 19.1. The van der Waals surface area contributed by atoms with E-state index in [2.05, 4.69) is 10.6 Å². The molecule has 24 heavy (non-hydrogen) atoms. The number of halogens is 1. The quantitative estimate of drug-likeness (QED) is 0.556. The summed E-state index contributed by atoms with van der Waals surface area (Å²) in [6, 6.07) is 5.72. The van der Waals surface area contributed by atoms with Gasteiger partial charge in [0.25, 0.3) is 0 Å². The zero-order valence-electron chi connectivity index (χ0n) is 13.2. The molecule has 1 aromatic rings. The minimum Gasteiger partial charge on any atom is -0.388 e. The molecule has 1 aromatic carbocycles. The van der Waals surface area contributed by atoms with Crippen molar-refractivity contribution < 1.29 is 28.9 Å². The van der Waals surface area contributed by atoms with E-state index < -0.39 is 24.4 Å². The Balaban J connectivity index is 1.80. The van der Waals surface area contributed by atoms with Gasteiger partial charge in [-0.1, -0.05) is 12.1 Å². The summed E-state index contributed by atoms with van der Waals surface area (Å²) in [6.07, 6.45) is -4.13. The average molecular weight is 340 g/mol. The van der Waals surface area contributed by atoms with Crippen molar-refractivity contribution >= 4 is 11.8 Å². The van der Waals surface area contributed by atoms with Crippen molar-refractivity contribution in [2.75, 3.05) is 6.54 Å². The van der Waals surface area contributed by atoms with E-state index in [0.29, 0.717) is 0 Å². The van der Waals surface area contributed by atoms with E-state index in [1.54, 1.807) is 12.1 Å². The minimum absolute atomic E-state index is 0.0568. The largest absolute Gasteiger partial charge is 0.388 e. The number of carbonyl (C=O) groups excluding carboxylic acids is 2. The van der Waals surface area contributed by atoms with Gasteiger partial charge in [-0.25, -0.2) is 4.39 Å². The van der Waals surface area contributed by atoms with Crippen LogP contribution in [0.15, 0.2) is 24.3 Å². The zero-order valence-corrected chi connectivity index (χ0v) is 13.2. The van der Waals surface area contributed by atoms with Crippen LogP contribution in [0.2, 0.25) is 0 Å². The van der Waals surface area contributed by atoms with Crippen LogP contribution in [-0.4, -0.2) is 53.0 Å². The molecule has 2 amide bonds. The van der Waals surface area contributed by atoms with Gasteiger partial charge in [-0.15, -0.1) is 0 Å². The third-order valence-corrected chi connectivity index (χ3v) is 3.80. The van der Waals surface area contributed by atoms with E-state index >= 15 is 0 Å². The Kier molecular flexibility index (Phi) is 6.24. The van der Waals surface area contributed by atoms with Crippen LogP contribution in [0.5, 0.6) is 0 Å². The fourth-order valence-corrected chi connectivity index (χ4v) is 2.47. The Bertz CT molecular complexity index is 580. The number of nitrogens with one attached hydrogen (secondary N) is 2. The number of hydrogen-bond donors (Lipinski definition) is 4. The summed E-state index contributed by atoms with van der Waals surface area (Å²) in [5.41, 5.74) is 0.737. The molecular formula is C16H21FN2O5. The van der Waals surface area contributed by atoms with Crippen LogP contribution in [0.1, 0.15) is 18.9 Å². The lowest BCUT2D eigenvalue weighted by Crippen LogP contribution is -2.39. The molecule has 1 aliphatic heterocycles. The van der Waals surface area contributed by atoms with Gasteiger partial charge in [-0.05, 0) is 17.7 Å². The highest BCUT2D eigenvalue weighted by Gasteiger charge is 2.43. The summed E-state index contributed by atoms with van der Waals surface area (Å²) in [5, 5.41) is 25.0. The molecule has 0 radical (unpaired) electrons. The molecule has 4 N–H and O–H groups in total. The molecular weight excluding hydrogens is 319 g/mol. The molecule has 0 unspecified atom stereocenters. The fourth-order valence-electron chi connectivity index (χ4n) is 2.47. The monoisotopic (exact) mass is 340 g/mol. The SMILES string of the molecule is CC(=O)NC[C@@H]1O[C@@H](CC(=O)NCc2ccc(F)cc2)[C@H](O)[C@@H]1O. The Morgan fingerprint density at radius 1 is 1.12 bits per heavy atom. The number of benzene rings is 1. The molecule has 1 fully saturated rings.